The molecular formula is C15H13BrO4. The van der Waals surface area contributed by atoms with E-state index in [4.69, 9.17) is 14.6 Å². The lowest BCUT2D eigenvalue weighted by Crippen LogP contribution is -1.96. The van der Waals surface area contributed by atoms with Crippen LogP contribution in [-0.4, -0.2) is 25.3 Å². The molecule has 2 aromatic carbocycles. The van der Waals surface area contributed by atoms with Crippen LogP contribution in [0.5, 0.6) is 11.5 Å². The highest BCUT2D eigenvalue weighted by Crippen LogP contribution is 2.35. The van der Waals surface area contributed by atoms with Crippen LogP contribution in [0.15, 0.2) is 40.9 Å². The summed E-state index contributed by atoms with van der Waals surface area (Å²) in [6.07, 6.45) is 0. The van der Waals surface area contributed by atoms with E-state index in [0.29, 0.717) is 16.0 Å². The predicted molar refractivity (Wildman–Crippen MR) is 79.6 cm³/mol. The third kappa shape index (κ3) is 2.77. The fourth-order valence-electron chi connectivity index (χ4n) is 1.89. The van der Waals surface area contributed by atoms with Gasteiger partial charge in [-0.05, 0) is 35.4 Å². The standard InChI is InChI=1S/C15H13BrO4/c1-19-13-6-4-9(8-14(13)20-2)11-5-3-10(15(17)18)7-12(11)16/h3-8H,1-2H3,(H,17,18). The first-order valence-electron chi connectivity index (χ1n) is 5.82. The van der Waals surface area contributed by atoms with Crippen LogP contribution in [0.4, 0.5) is 0 Å². The second kappa shape index (κ2) is 5.96. The Hall–Kier alpha value is -2.01. The highest BCUT2D eigenvalue weighted by molar-refractivity contribution is 9.10. The fourth-order valence-corrected chi connectivity index (χ4v) is 2.49. The van der Waals surface area contributed by atoms with Gasteiger partial charge in [0, 0.05) is 4.47 Å². The quantitative estimate of drug-likeness (QED) is 0.921. The third-order valence-electron chi connectivity index (χ3n) is 2.91. The Balaban J connectivity index is 2.49. The van der Waals surface area contributed by atoms with Gasteiger partial charge in [0.25, 0.3) is 0 Å². The molecule has 0 aromatic heterocycles. The second-order valence-electron chi connectivity index (χ2n) is 4.07. The topological polar surface area (TPSA) is 55.8 Å². The van der Waals surface area contributed by atoms with Gasteiger partial charge in [-0.3, -0.25) is 0 Å². The molecule has 0 saturated heterocycles. The Bertz CT molecular complexity index is 652. The van der Waals surface area contributed by atoms with Crippen LogP contribution in [0.3, 0.4) is 0 Å². The van der Waals surface area contributed by atoms with Crippen molar-refractivity contribution in [2.45, 2.75) is 0 Å². The van der Waals surface area contributed by atoms with Gasteiger partial charge in [-0.25, -0.2) is 4.79 Å². The smallest absolute Gasteiger partial charge is 0.335 e. The summed E-state index contributed by atoms with van der Waals surface area (Å²) in [5.74, 6) is 0.318. The monoisotopic (exact) mass is 336 g/mol. The molecule has 4 nitrogen and oxygen atoms in total. The molecule has 0 aliphatic rings. The number of methoxy groups -OCH3 is 2. The number of halogens is 1. The van der Waals surface area contributed by atoms with Crippen LogP contribution in [-0.2, 0) is 0 Å². The number of hydrogen-bond donors (Lipinski definition) is 1. The summed E-state index contributed by atoms with van der Waals surface area (Å²) in [5, 5.41) is 8.96. The SMILES string of the molecule is COc1ccc(-c2ccc(C(=O)O)cc2Br)cc1OC. The van der Waals surface area contributed by atoms with Crippen molar-refractivity contribution in [2.75, 3.05) is 14.2 Å². The molecule has 0 aliphatic carbocycles. The average molecular weight is 337 g/mol. The second-order valence-corrected chi connectivity index (χ2v) is 4.92. The van der Waals surface area contributed by atoms with Crippen LogP contribution in [0.1, 0.15) is 10.4 Å². The molecule has 0 fully saturated rings. The number of ether oxygens (including phenoxy) is 2. The van der Waals surface area contributed by atoms with Crippen LogP contribution < -0.4 is 9.47 Å². The summed E-state index contributed by atoms with van der Waals surface area (Å²) in [6.45, 7) is 0. The van der Waals surface area contributed by atoms with E-state index in [1.54, 1.807) is 32.4 Å². The van der Waals surface area contributed by atoms with Gasteiger partial charge in [-0.2, -0.15) is 0 Å². The van der Waals surface area contributed by atoms with Crippen molar-refractivity contribution < 1.29 is 19.4 Å². The van der Waals surface area contributed by atoms with Crippen molar-refractivity contribution in [3.8, 4) is 22.6 Å². The van der Waals surface area contributed by atoms with E-state index < -0.39 is 5.97 Å². The van der Waals surface area contributed by atoms with Gasteiger partial charge >= 0.3 is 5.97 Å². The van der Waals surface area contributed by atoms with Crippen LogP contribution in [0.2, 0.25) is 0 Å². The van der Waals surface area contributed by atoms with E-state index in [2.05, 4.69) is 15.9 Å². The molecule has 0 unspecified atom stereocenters. The first kappa shape index (κ1) is 14.4. The molecule has 2 rings (SSSR count). The van der Waals surface area contributed by atoms with Gasteiger partial charge in [-0.15, -0.1) is 0 Å². The molecule has 20 heavy (non-hydrogen) atoms. The van der Waals surface area contributed by atoms with Crippen LogP contribution in [0.25, 0.3) is 11.1 Å². The molecule has 0 saturated carbocycles. The summed E-state index contributed by atoms with van der Waals surface area (Å²) < 4.78 is 11.2. The minimum Gasteiger partial charge on any atom is -0.493 e. The average Bonchev–Trinajstić information content (AvgIpc) is 2.46. The van der Waals surface area contributed by atoms with Crippen LogP contribution >= 0.6 is 15.9 Å². The van der Waals surface area contributed by atoms with Crippen molar-refractivity contribution in [1.29, 1.82) is 0 Å². The molecule has 0 aliphatic heterocycles. The van der Waals surface area contributed by atoms with Gasteiger partial charge in [0.2, 0.25) is 0 Å². The molecule has 0 spiro atoms. The lowest BCUT2D eigenvalue weighted by Gasteiger charge is -2.11. The van der Waals surface area contributed by atoms with Gasteiger partial charge < -0.3 is 14.6 Å². The summed E-state index contributed by atoms with van der Waals surface area (Å²) in [5.41, 5.74) is 2.03. The van der Waals surface area contributed by atoms with Crippen molar-refractivity contribution in [1.82, 2.24) is 0 Å². The summed E-state index contributed by atoms with van der Waals surface area (Å²) in [6, 6.07) is 10.5. The lowest BCUT2D eigenvalue weighted by atomic mass is 10.0. The Kier molecular flexibility index (Phi) is 4.29. The fraction of sp³-hybridized carbons (Fsp3) is 0.133. The van der Waals surface area contributed by atoms with Gasteiger partial charge in [0.05, 0.1) is 19.8 Å². The largest absolute Gasteiger partial charge is 0.493 e. The molecule has 0 bridgehead atoms. The van der Waals surface area contributed by atoms with E-state index >= 15 is 0 Å². The van der Waals surface area contributed by atoms with E-state index in [1.165, 1.54) is 0 Å². The van der Waals surface area contributed by atoms with E-state index in [9.17, 15) is 4.79 Å². The molecule has 1 N–H and O–H groups in total. The number of carbonyl (C=O) groups is 1. The molecule has 2 aromatic rings. The molecule has 5 heteroatoms. The zero-order chi connectivity index (χ0) is 14.7. The summed E-state index contributed by atoms with van der Waals surface area (Å²) in [7, 11) is 3.15. The van der Waals surface area contributed by atoms with E-state index in [0.717, 1.165) is 11.1 Å². The number of carboxylic acids is 1. The third-order valence-corrected chi connectivity index (χ3v) is 3.57. The molecule has 0 radical (unpaired) electrons. The summed E-state index contributed by atoms with van der Waals surface area (Å²) in [4.78, 5) is 10.9. The maximum atomic E-state index is 10.9. The van der Waals surface area contributed by atoms with Gasteiger partial charge in [-0.1, -0.05) is 28.1 Å². The van der Waals surface area contributed by atoms with E-state index in [1.807, 2.05) is 18.2 Å². The predicted octanol–water partition coefficient (Wildman–Crippen LogP) is 3.83. The number of aromatic carboxylic acids is 1. The number of hydrogen-bond acceptors (Lipinski definition) is 3. The van der Waals surface area contributed by atoms with Crippen molar-refractivity contribution >= 4 is 21.9 Å². The first-order valence-corrected chi connectivity index (χ1v) is 6.61. The Morgan fingerprint density at radius 1 is 1.05 bits per heavy atom. The summed E-state index contributed by atoms with van der Waals surface area (Å²) >= 11 is 3.40. The van der Waals surface area contributed by atoms with Crippen molar-refractivity contribution in [3.63, 3.8) is 0 Å². The van der Waals surface area contributed by atoms with Crippen LogP contribution in [0, 0.1) is 0 Å². The minimum absolute atomic E-state index is 0.237. The van der Waals surface area contributed by atoms with Gasteiger partial charge in [0.15, 0.2) is 11.5 Å². The zero-order valence-corrected chi connectivity index (χ0v) is 12.6. The number of benzene rings is 2. The normalized spacial score (nSPS) is 10.2. The van der Waals surface area contributed by atoms with Crippen molar-refractivity contribution in [2.24, 2.45) is 0 Å². The maximum Gasteiger partial charge on any atom is 0.335 e. The first-order chi connectivity index (χ1) is 9.56. The molecule has 104 valence electrons. The molecular weight excluding hydrogens is 324 g/mol. The maximum absolute atomic E-state index is 10.9. The molecule has 0 heterocycles. The Morgan fingerprint density at radius 2 is 1.75 bits per heavy atom. The molecule has 0 atom stereocenters. The van der Waals surface area contributed by atoms with Gasteiger partial charge in [0.1, 0.15) is 0 Å². The minimum atomic E-state index is -0.954. The Morgan fingerprint density at radius 3 is 2.30 bits per heavy atom. The highest BCUT2D eigenvalue weighted by Gasteiger charge is 2.11. The number of rotatable bonds is 4. The Labute approximate surface area is 125 Å². The number of carboxylic acid groups (broad SMARTS) is 1. The lowest BCUT2D eigenvalue weighted by molar-refractivity contribution is 0.0697. The van der Waals surface area contributed by atoms with Crippen molar-refractivity contribution in [3.05, 3.63) is 46.4 Å². The van der Waals surface area contributed by atoms with E-state index in [-0.39, 0.29) is 5.56 Å². The molecule has 0 amide bonds. The zero-order valence-electron chi connectivity index (χ0n) is 11.0. The highest BCUT2D eigenvalue weighted by atomic mass is 79.9.